The fourth-order valence-electron chi connectivity index (χ4n) is 3.28. The predicted molar refractivity (Wildman–Crippen MR) is 67.8 cm³/mol. The van der Waals surface area contributed by atoms with Crippen LogP contribution in [0.4, 0.5) is 0 Å². The molecule has 2 saturated heterocycles. The number of hydrogen-bond acceptors (Lipinski definition) is 3. The zero-order valence-corrected chi connectivity index (χ0v) is 10.5. The second-order valence-corrected chi connectivity index (χ2v) is 5.54. The number of aromatic nitrogens is 2. The van der Waals surface area contributed by atoms with Crippen molar-refractivity contribution in [3.8, 4) is 0 Å². The maximum atomic E-state index is 4.27. The Kier molecular flexibility index (Phi) is 3.16. The van der Waals surface area contributed by atoms with Crippen LogP contribution in [0.5, 0.6) is 0 Å². The van der Waals surface area contributed by atoms with Gasteiger partial charge in [-0.05, 0) is 44.8 Å². The first kappa shape index (κ1) is 11.2. The van der Waals surface area contributed by atoms with Crippen LogP contribution in [-0.2, 0) is 6.54 Å². The predicted octanol–water partition coefficient (Wildman–Crippen LogP) is 0.955. The van der Waals surface area contributed by atoms with E-state index in [0.29, 0.717) is 6.04 Å². The Bertz CT molecular complexity index is 348. The maximum Gasteiger partial charge on any atom is 0.0560 e. The van der Waals surface area contributed by atoms with Crippen molar-refractivity contribution in [2.24, 2.45) is 5.92 Å². The largest absolute Gasteiger partial charge is 0.309 e. The minimum atomic E-state index is 0.507. The van der Waals surface area contributed by atoms with Crippen molar-refractivity contribution in [2.45, 2.75) is 38.4 Å². The van der Waals surface area contributed by atoms with Gasteiger partial charge in [-0.25, -0.2) is 0 Å². The van der Waals surface area contributed by atoms with Gasteiger partial charge in [0.15, 0.2) is 0 Å². The molecule has 0 saturated carbocycles. The van der Waals surface area contributed by atoms with Gasteiger partial charge in [-0.2, -0.15) is 5.10 Å². The molecule has 4 heteroatoms. The van der Waals surface area contributed by atoms with Crippen LogP contribution in [0.2, 0.25) is 0 Å². The lowest BCUT2D eigenvalue weighted by Crippen LogP contribution is -2.48. The monoisotopic (exact) mass is 234 g/mol. The third kappa shape index (κ3) is 2.53. The minimum Gasteiger partial charge on any atom is -0.309 e. The Morgan fingerprint density at radius 3 is 3.12 bits per heavy atom. The Balaban J connectivity index is 1.52. The van der Waals surface area contributed by atoms with E-state index in [1.54, 1.807) is 0 Å². The number of fused-ring (bicyclic) bond motifs is 2. The maximum absolute atomic E-state index is 4.27. The Labute approximate surface area is 103 Å². The highest BCUT2D eigenvalue weighted by Gasteiger charge is 2.34. The number of nitrogens with zero attached hydrogens (tertiary/aromatic N) is 3. The van der Waals surface area contributed by atoms with Gasteiger partial charge >= 0.3 is 0 Å². The molecule has 3 rings (SSSR count). The van der Waals surface area contributed by atoms with Crippen LogP contribution in [0.25, 0.3) is 0 Å². The Hall–Kier alpha value is -0.870. The third-order valence-corrected chi connectivity index (χ3v) is 4.15. The summed E-state index contributed by atoms with van der Waals surface area (Å²) in [6, 6.07) is 3.22. The summed E-state index contributed by atoms with van der Waals surface area (Å²) in [5, 5.41) is 8.06. The number of hydrogen-bond donors (Lipinski definition) is 1. The van der Waals surface area contributed by atoms with Crippen molar-refractivity contribution in [1.29, 1.82) is 0 Å². The second-order valence-electron chi connectivity index (χ2n) is 5.54. The zero-order chi connectivity index (χ0) is 11.7. The third-order valence-electron chi connectivity index (χ3n) is 4.15. The lowest BCUT2D eigenvalue weighted by molar-refractivity contribution is 0.207. The first-order valence-electron chi connectivity index (χ1n) is 6.77. The standard InChI is InChI=1S/C13H22N4/c1-11(9-17-6-2-5-14-17)15-13-4-8-16-7-3-12(13)10-16/h2,5-6,11-13,15H,3-4,7-10H2,1H3. The van der Waals surface area contributed by atoms with Crippen LogP contribution in [0, 0.1) is 5.92 Å². The summed E-state index contributed by atoms with van der Waals surface area (Å²) < 4.78 is 2.02. The highest BCUT2D eigenvalue weighted by atomic mass is 15.3. The fraction of sp³-hybridized carbons (Fsp3) is 0.769. The summed E-state index contributed by atoms with van der Waals surface area (Å²) in [5.41, 5.74) is 0. The van der Waals surface area contributed by atoms with Gasteiger partial charge in [-0.15, -0.1) is 0 Å². The summed E-state index contributed by atoms with van der Waals surface area (Å²) in [5.74, 6) is 0.879. The molecular formula is C13H22N4. The van der Waals surface area contributed by atoms with Crippen molar-refractivity contribution in [1.82, 2.24) is 20.0 Å². The van der Waals surface area contributed by atoms with Crippen LogP contribution in [0.1, 0.15) is 19.8 Å². The molecule has 2 aliphatic rings. The van der Waals surface area contributed by atoms with E-state index in [9.17, 15) is 0 Å². The minimum absolute atomic E-state index is 0.507. The zero-order valence-electron chi connectivity index (χ0n) is 10.5. The first-order chi connectivity index (χ1) is 8.31. The van der Waals surface area contributed by atoms with Gasteiger partial charge in [0.2, 0.25) is 0 Å². The van der Waals surface area contributed by atoms with E-state index < -0.39 is 0 Å². The van der Waals surface area contributed by atoms with E-state index in [4.69, 9.17) is 0 Å². The van der Waals surface area contributed by atoms with Gasteiger partial charge in [0.1, 0.15) is 0 Å². The SMILES string of the molecule is CC(Cn1cccn1)NC1CCN2CCC1C2. The molecule has 4 nitrogen and oxygen atoms in total. The molecule has 0 aromatic carbocycles. The topological polar surface area (TPSA) is 33.1 Å². The van der Waals surface area contributed by atoms with Gasteiger partial charge in [0.25, 0.3) is 0 Å². The Morgan fingerprint density at radius 2 is 2.29 bits per heavy atom. The first-order valence-corrected chi connectivity index (χ1v) is 6.77. The molecule has 0 spiro atoms. The highest BCUT2D eigenvalue weighted by molar-refractivity contribution is 4.91. The van der Waals surface area contributed by atoms with E-state index in [-0.39, 0.29) is 0 Å². The average Bonchev–Trinajstić information content (AvgIpc) is 2.93. The van der Waals surface area contributed by atoms with Crippen LogP contribution < -0.4 is 5.32 Å². The summed E-state index contributed by atoms with van der Waals surface area (Å²) in [7, 11) is 0. The molecule has 4 atom stereocenters. The molecule has 1 aromatic heterocycles. The molecule has 0 amide bonds. The van der Waals surface area contributed by atoms with Crippen LogP contribution >= 0.6 is 0 Å². The average molecular weight is 234 g/mol. The van der Waals surface area contributed by atoms with Crippen LogP contribution in [-0.4, -0.2) is 46.4 Å². The van der Waals surface area contributed by atoms with Gasteiger partial charge in [0, 0.05) is 31.0 Å². The molecule has 2 aliphatic heterocycles. The molecule has 3 heterocycles. The molecule has 0 radical (unpaired) electrons. The fourth-order valence-corrected chi connectivity index (χ4v) is 3.28. The smallest absolute Gasteiger partial charge is 0.0560 e. The molecule has 1 aromatic rings. The molecule has 0 aliphatic carbocycles. The van der Waals surface area contributed by atoms with Gasteiger partial charge in [-0.3, -0.25) is 4.68 Å². The molecule has 94 valence electrons. The van der Waals surface area contributed by atoms with Crippen molar-refractivity contribution < 1.29 is 0 Å². The second kappa shape index (κ2) is 4.78. The van der Waals surface area contributed by atoms with Gasteiger partial charge in [0.05, 0.1) is 6.54 Å². The molecule has 2 bridgehead atoms. The van der Waals surface area contributed by atoms with E-state index in [0.717, 1.165) is 18.5 Å². The Morgan fingerprint density at radius 1 is 1.41 bits per heavy atom. The van der Waals surface area contributed by atoms with Crippen molar-refractivity contribution in [2.75, 3.05) is 19.6 Å². The number of nitrogens with one attached hydrogen (secondary N) is 1. The van der Waals surface area contributed by atoms with Gasteiger partial charge < -0.3 is 10.2 Å². The summed E-state index contributed by atoms with van der Waals surface area (Å²) in [4.78, 5) is 2.60. The lowest BCUT2D eigenvalue weighted by Gasteiger charge is -2.33. The van der Waals surface area contributed by atoms with E-state index in [2.05, 4.69) is 22.2 Å². The van der Waals surface area contributed by atoms with Crippen molar-refractivity contribution in [3.63, 3.8) is 0 Å². The summed E-state index contributed by atoms with van der Waals surface area (Å²) in [6.07, 6.45) is 6.58. The number of piperidine rings is 1. The molecule has 2 fully saturated rings. The molecule has 4 unspecified atom stereocenters. The van der Waals surface area contributed by atoms with Crippen molar-refractivity contribution in [3.05, 3.63) is 18.5 Å². The summed E-state index contributed by atoms with van der Waals surface area (Å²) >= 11 is 0. The molecular weight excluding hydrogens is 212 g/mol. The molecule has 1 N–H and O–H groups in total. The summed E-state index contributed by atoms with van der Waals surface area (Å²) in [6.45, 7) is 7.15. The van der Waals surface area contributed by atoms with Crippen LogP contribution in [0.3, 0.4) is 0 Å². The van der Waals surface area contributed by atoms with E-state index in [1.807, 2.05) is 23.1 Å². The highest BCUT2D eigenvalue weighted by Crippen LogP contribution is 2.27. The normalized spacial score (nSPS) is 33.8. The molecule has 17 heavy (non-hydrogen) atoms. The lowest BCUT2D eigenvalue weighted by atomic mass is 9.93. The van der Waals surface area contributed by atoms with Crippen molar-refractivity contribution >= 4 is 0 Å². The van der Waals surface area contributed by atoms with Crippen LogP contribution in [0.15, 0.2) is 18.5 Å². The van der Waals surface area contributed by atoms with Gasteiger partial charge in [-0.1, -0.05) is 0 Å². The van der Waals surface area contributed by atoms with E-state index in [1.165, 1.54) is 32.5 Å². The van der Waals surface area contributed by atoms with E-state index >= 15 is 0 Å². The number of rotatable bonds is 4. The quantitative estimate of drug-likeness (QED) is 0.842.